The third kappa shape index (κ3) is 4.80. The molecule has 1 aliphatic rings. The van der Waals surface area contributed by atoms with Crippen molar-refractivity contribution >= 4 is 17.5 Å². The van der Waals surface area contributed by atoms with Crippen molar-refractivity contribution in [2.75, 3.05) is 44.7 Å². The Kier molecular flexibility index (Phi) is 6.49. The maximum absolute atomic E-state index is 12.5. The van der Waals surface area contributed by atoms with Crippen LogP contribution in [-0.2, 0) is 9.59 Å². The van der Waals surface area contributed by atoms with Gasteiger partial charge in [-0.15, -0.1) is 0 Å². The number of nitrogens with zero attached hydrogens (tertiary/aromatic N) is 2. The maximum Gasteiger partial charge on any atom is 0.246 e. The van der Waals surface area contributed by atoms with Crippen LogP contribution in [-0.4, -0.2) is 61.6 Å². The van der Waals surface area contributed by atoms with Gasteiger partial charge in [-0.1, -0.05) is 42.5 Å². The van der Waals surface area contributed by atoms with E-state index in [4.69, 9.17) is 0 Å². The third-order valence-corrected chi connectivity index (χ3v) is 4.91. The van der Waals surface area contributed by atoms with Gasteiger partial charge < -0.3 is 20.6 Å². The summed E-state index contributed by atoms with van der Waals surface area (Å²) in [5.74, 6) is -0.164. The summed E-state index contributed by atoms with van der Waals surface area (Å²) in [5.41, 5.74) is 1.56. The number of phenolic OH excluding ortho intramolecular Hbond substituents is 1. The first-order valence-corrected chi connectivity index (χ1v) is 9.39. The smallest absolute Gasteiger partial charge is 0.246 e. The van der Waals surface area contributed by atoms with Crippen molar-refractivity contribution in [1.29, 1.82) is 0 Å². The van der Waals surface area contributed by atoms with E-state index < -0.39 is 6.04 Å². The number of anilines is 1. The van der Waals surface area contributed by atoms with Crippen LogP contribution in [0.25, 0.3) is 0 Å². The standard InChI is InChI=1S/C21H26N4O3/c1-22-21(28)20(16-7-3-2-4-8-16)23-19(27)15-24-11-13-25(14-12-24)17-9-5-6-10-18(17)26/h2-10,20,26H,11-15H2,1H3,(H,22,28)(H,23,27). The number of aromatic hydroxyl groups is 1. The number of piperazine rings is 1. The van der Waals surface area contributed by atoms with Crippen molar-refractivity contribution in [3.05, 3.63) is 60.2 Å². The molecule has 3 rings (SSSR count). The fraction of sp³-hybridized carbons (Fsp3) is 0.333. The van der Waals surface area contributed by atoms with Crippen molar-refractivity contribution in [2.45, 2.75) is 6.04 Å². The van der Waals surface area contributed by atoms with Gasteiger partial charge in [0.05, 0.1) is 12.2 Å². The topological polar surface area (TPSA) is 84.9 Å². The average molecular weight is 382 g/mol. The Morgan fingerprint density at radius 1 is 1.00 bits per heavy atom. The summed E-state index contributed by atoms with van der Waals surface area (Å²) in [7, 11) is 1.56. The highest BCUT2D eigenvalue weighted by Crippen LogP contribution is 2.27. The fourth-order valence-electron chi connectivity index (χ4n) is 3.38. The van der Waals surface area contributed by atoms with Gasteiger partial charge in [0.2, 0.25) is 11.8 Å². The molecule has 28 heavy (non-hydrogen) atoms. The number of para-hydroxylation sites is 2. The lowest BCUT2D eigenvalue weighted by Gasteiger charge is -2.36. The molecule has 2 aromatic carbocycles. The molecule has 3 N–H and O–H groups in total. The van der Waals surface area contributed by atoms with Gasteiger partial charge in [-0.2, -0.15) is 0 Å². The molecule has 0 radical (unpaired) electrons. The number of nitrogens with one attached hydrogen (secondary N) is 2. The maximum atomic E-state index is 12.5. The van der Waals surface area contributed by atoms with Crippen LogP contribution in [0, 0.1) is 0 Å². The predicted molar refractivity (Wildman–Crippen MR) is 108 cm³/mol. The Bertz CT molecular complexity index is 804. The lowest BCUT2D eigenvalue weighted by Crippen LogP contribution is -2.50. The van der Waals surface area contributed by atoms with E-state index in [0.717, 1.165) is 24.3 Å². The third-order valence-electron chi connectivity index (χ3n) is 4.91. The lowest BCUT2D eigenvalue weighted by molar-refractivity contribution is -0.129. The summed E-state index contributed by atoms with van der Waals surface area (Å²) in [6.45, 7) is 3.09. The van der Waals surface area contributed by atoms with E-state index in [1.165, 1.54) is 0 Å². The van der Waals surface area contributed by atoms with Crippen LogP contribution in [0.2, 0.25) is 0 Å². The van der Waals surface area contributed by atoms with E-state index in [1.807, 2.05) is 42.5 Å². The van der Waals surface area contributed by atoms with Crippen molar-refractivity contribution in [3.8, 4) is 5.75 Å². The molecule has 0 bridgehead atoms. The SMILES string of the molecule is CNC(=O)C(NC(=O)CN1CCN(c2ccccc2O)CC1)c1ccccc1. The predicted octanol–water partition coefficient (Wildman–Crippen LogP) is 1.12. The van der Waals surface area contributed by atoms with Crippen molar-refractivity contribution in [2.24, 2.45) is 0 Å². The zero-order chi connectivity index (χ0) is 19.9. The summed E-state index contributed by atoms with van der Waals surface area (Å²) in [4.78, 5) is 28.9. The zero-order valence-electron chi connectivity index (χ0n) is 16.0. The van der Waals surface area contributed by atoms with Gasteiger partial charge in [-0.3, -0.25) is 14.5 Å². The number of benzene rings is 2. The molecule has 2 aromatic rings. The van der Waals surface area contributed by atoms with Crippen LogP contribution in [0.15, 0.2) is 54.6 Å². The van der Waals surface area contributed by atoms with Crippen LogP contribution in [0.3, 0.4) is 0 Å². The van der Waals surface area contributed by atoms with Gasteiger partial charge in [0.25, 0.3) is 0 Å². The van der Waals surface area contributed by atoms with Gasteiger partial charge in [0, 0.05) is 33.2 Å². The second-order valence-electron chi connectivity index (χ2n) is 6.78. The minimum atomic E-state index is -0.707. The van der Waals surface area contributed by atoms with E-state index in [1.54, 1.807) is 19.2 Å². The second-order valence-corrected chi connectivity index (χ2v) is 6.78. The van der Waals surface area contributed by atoms with Crippen LogP contribution < -0.4 is 15.5 Å². The number of hydrogen-bond donors (Lipinski definition) is 3. The highest BCUT2D eigenvalue weighted by molar-refractivity contribution is 5.89. The zero-order valence-corrected chi connectivity index (χ0v) is 16.0. The number of likely N-dealkylation sites (N-methyl/N-ethyl adjacent to an activating group) is 1. The molecule has 0 aliphatic carbocycles. The first kappa shape index (κ1) is 19.7. The summed E-state index contributed by atoms with van der Waals surface area (Å²) >= 11 is 0. The van der Waals surface area contributed by atoms with E-state index in [2.05, 4.69) is 20.4 Å². The van der Waals surface area contributed by atoms with Gasteiger partial charge in [0.1, 0.15) is 11.8 Å². The molecular formula is C21H26N4O3. The molecule has 7 nitrogen and oxygen atoms in total. The van der Waals surface area contributed by atoms with E-state index in [-0.39, 0.29) is 24.1 Å². The Hall–Kier alpha value is -3.06. The fourth-order valence-corrected chi connectivity index (χ4v) is 3.38. The van der Waals surface area contributed by atoms with Crippen molar-refractivity contribution in [1.82, 2.24) is 15.5 Å². The molecule has 2 amide bonds. The molecule has 0 spiro atoms. The Morgan fingerprint density at radius 3 is 2.29 bits per heavy atom. The molecule has 148 valence electrons. The highest BCUT2D eigenvalue weighted by Gasteiger charge is 2.24. The number of carbonyl (C=O) groups excluding carboxylic acids is 2. The lowest BCUT2D eigenvalue weighted by atomic mass is 10.1. The molecule has 1 atom stereocenters. The van der Waals surface area contributed by atoms with Gasteiger partial charge >= 0.3 is 0 Å². The van der Waals surface area contributed by atoms with E-state index in [0.29, 0.717) is 13.1 Å². The first-order valence-electron chi connectivity index (χ1n) is 9.39. The van der Waals surface area contributed by atoms with Crippen LogP contribution in [0.5, 0.6) is 5.75 Å². The largest absolute Gasteiger partial charge is 0.506 e. The molecule has 1 heterocycles. The number of hydrogen-bond acceptors (Lipinski definition) is 5. The van der Waals surface area contributed by atoms with Crippen LogP contribution in [0.4, 0.5) is 5.69 Å². The normalized spacial score (nSPS) is 15.7. The van der Waals surface area contributed by atoms with Gasteiger partial charge in [-0.05, 0) is 17.7 Å². The summed E-state index contributed by atoms with van der Waals surface area (Å²) in [6, 6.07) is 15.8. The number of carbonyl (C=O) groups is 2. The molecule has 1 saturated heterocycles. The minimum Gasteiger partial charge on any atom is -0.506 e. The minimum absolute atomic E-state index is 0.187. The van der Waals surface area contributed by atoms with Gasteiger partial charge in [0.15, 0.2) is 0 Å². The van der Waals surface area contributed by atoms with E-state index in [9.17, 15) is 14.7 Å². The van der Waals surface area contributed by atoms with Crippen molar-refractivity contribution in [3.63, 3.8) is 0 Å². The van der Waals surface area contributed by atoms with Crippen LogP contribution >= 0.6 is 0 Å². The monoisotopic (exact) mass is 382 g/mol. The molecule has 7 heteroatoms. The Morgan fingerprint density at radius 2 is 1.64 bits per heavy atom. The summed E-state index contributed by atoms with van der Waals surface area (Å²) in [5, 5.41) is 15.4. The van der Waals surface area contributed by atoms with Crippen LogP contribution in [0.1, 0.15) is 11.6 Å². The molecule has 0 aromatic heterocycles. The molecule has 1 unspecified atom stereocenters. The summed E-state index contributed by atoms with van der Waals surface area (Å²) in [6.07, 6.45) is 0. The summed E-state index contributed by atoms with van der Waals surface area (Å²) < 4.78 is 0. The molecular weight excluding hydrogens is 356 g/mol. The number of rotatable bonds is 6. The second kappa shape index (κ2) is 9.23. The quantitative estimate of drug-likeness (QED) is 0.697. The molecule has 1 fully saturated rings. The van der Waals surface area contributed by atoms with Gasteiger partial charge in [-0.25, -0.2) is 0 Å². The van der Waals surface area contributed by atoms with E-state index >= 15 is 0 Å². The number of phenols is 1. The Balaban J connectivity index is 1.55. The highest BCUT2D eigenvalue weighted by atomic mass is 16.3. The average Bonchev–Trinajstić information content (AvgIpc) is 2.73. The number of amides is 2. The Labute approximate surface area is 165 Å². The first-order chi connectivity index (χ1) is 13.6. The molecule has 1 aliphatic heterocycles. The molecule has 0 saturated carbocycles. The van der Waals surface area contributed by atoms with Crippen molar-refractivity contribution < 1.29 is 14.7 Å².